The Hall–Kier alpha value is -1.66. The van der Waals surface area contributed by atoms with Crippen molar-refractivity contribution in [2.45, 2.75) is 32.2 Å². The van der Waals surface area contributed by atoms with Gasteiger partial charge in [0.15, 0.2) is 0 Å². The normalized spacial score (nSPS) is 17.9. The van der Waals surface area contributed by atoms with Crippen LogP contribution in [0.1, 0.15) is 35.8 Å². The maximum atomic E-state index is 12.6. The maximum absolute atomic E-state index is 12.6. The number of benzene rings is 1. The lowest BCUT2D eigenvalue weighted by molar-refractivity contribution is 0.0929. The average Bonchev–Trinajstić information content (AvgIpc) is 3.00. The van der Waals surface area contributed by atoms with Gasteiger partial charge >= 0.3 is 0 Å². The van der Waals surface area contributed by atoms with E-state index in [-0.39, 0.29) is 11.9 Å². The summed E-state index contributed by atoms with van der Waals surface area (Å²) in [6.45, 7) is 3.92. The van der Waals surface area contributed by atoms with E-state index in [0.29, 0.717) is 5.56 Å². The number of amides is 1. The zero-order valence-corrected chi connectivity index (χ0v) is 14.8. The first-order chi connectivity index (χ1) is 11.2. The molecular formula is C17H21BrN4O. The number of aromatic nitrogens is 2. The zero-order chi connectivity index (χ0) is 16.2. The third-order valence-corrected chi connectivity index (χ3v) is 4.68. The van der Waals surface area contributed by atoms with Crippen LogP contribution in [0, 0.1) is 0 Å². The van der Waals surface area contributed by atoms with Gasteiger partial charge in [0.2, 0.25) is 0 Å². The van der Waals surface area contributed by atoms with Gasteiger partial charge in [0.05, 0.1) is 23.1 Å². The smallest absolute Gasteiger partial charge is 0.255 e. The third kappa shape index (κ3) is 3.64. The Bertz CT molecular complexity index is 674. The lowest BCUT2D eigenvalue weighted by atomic mass is 10.1. The largest absolute Gasteiger partial charge is 0.348 e. The lowest BCUT2D eigenvalue weighted by Gasteiger charge is -2.23. The number of nitrogens with one attached hydrogen (secondary N) is 2. The summed E-state index contributed by atoms with van der Waals surface area (Å²) in [6, 6.07) is 8.14. The maximum Gasteiger partial charge on any atom is 0.255 e. The van der Waals surface area contributed by atoms with Crippen molar-refractivity contribution in [3.63, 3.8) is 0 Å². The van der Waals surface area contributed by atoms with Gasteiger partial charge in [0.1, 0.15) is 0 Å². The predicted molar refractivity (Wildman–Crippen MR) is 94.0 cm³/mol. The fourth-order valence-corrected chi connectivity index (χ4v) is 3.21. The van der Waals surface area contributed by atoms with Gasteiger partial charge in [0.25, 0.3) is 5.91 Å². The van der Waals surface area contributed by atoms with E-state index in [1.807, 2.05) is 35.9 Å². The van der Waals surface area contributed by atoms with Crippen molar-refractivity contribution in [1.82, 2.24) is 20.4 Å². The molecule has 0 radical (unpaired) electrons. The van der Waals surface area contributed by atoms with Crippen LogP contribution in [0.15, 0.2) is 34.9 Å². The van der Waals surface area contributed by atoms with E-state index in [0.717, 1.165) is 48.2 Å². The Labute approximate surface area is 144 Å². The molecule has 122 valence electrons. The van der Waals surface area contributed by atoms with Crippen molar-refractivity contribution in [3.8, 4) is 5.69 Å². The molecule has 0 saturated carbocycles. The van der Waals surface area contributed by atoms with Gasteiger partial charge < -0.3 is 10.6 Å². The first-order valence-electron chi connectivity index (χ1n) is 8.03. The van der Waals surface area contributed by atoms with Crippen molar-refractivity contribution < 1.29 is 4.79 Å². The minimum Gasteiger partial charge on any atom is -0.348 e. The van der Waals surface area contributed by atoms with E-state index in [1.165, 1.54) is 0 Å². The van der Waals surface area contributed by atoms with E-state index in [2.05, 4.69) is 31.7 Å². The van der Waals surface area contributed by atoms with Crippen molar-refractivity contribution in [2.75, 3.05) is 13.1 Å². The Kier molecular flexibility index (Phi) is 5.13. The summed E-state index contributed by atoms with van der Waals surface area (Å²) < 4.78 is 2.87. The molecular weight excluding hydrogens is 356 g/mol. The Morgan fingerprint density at radius 2 is 2.22 bits per heavy atom. The summed E-state index contributed by atoms with van der Waals surface area (Å²) in [5.74, 6) is -0.0288. The molecule has 1 amide bonds. The standard InChI is InChI=1S/C17H21BrN4O/c1-2-16-15(17(23)21-13-4-3-9-19-10-13)11-20-22(16)14-7-5-12(18)6-8-14/h5-8,11,13,19H,2-4,9-10H2,1H3,(H,21,23)/t13-/m0/s1. The molecule has 6 heteroatoms. The fourth-order valence-electron chi connectivity index (χ4n) is 2.95. The van der Waals surface area contributed by atoms with Crippen LogP contribution in [-0.2, 0) is 6.42 Å². The van der Waals surface area contributed by atoms with E-state index in [4.69, 9.17) is 0 Å². The molecule has 1 atom stereocenters. The van der Waals surface area contributed by atoms with Crippen LogP contribution in [0.5, 0.6) is 0 Å². The number of halogens is 1. The Morgan fingerprint density at radius 3 is 2.87 bits per heavy atom. The highest BCUT2D eigenvalue weighted by atomic mass is 79.9. The Balaban J connectivity index is 1.82. The summed E-state index contributed by atoms with van der Waals surface area (Å²) in [7, 11) is 0. The molecule has 1 saturated heterocycles. The molecule has 2 heterocycles. The van der Waals surface area contributed by atoms with Crippen LogP contribution in [0.25, 0.3) is 5.69 Å². The van der Waals surface area contributed by atoms with Crippen molar-refractivity contribution in [2.24, 2.45) is 0 Å². The molecule has 5 nitrogen and oxygen atoms in total. The van der Waals surface area contributed by atoms with Crippen molar-refractivity contribution in [3.05, 3.63) is 46.2 Å². The zero-order valence-electron chi connectivity index (χ0n) is 13.2. The van der Waals surface area contributed by atoms with Crippen LogP contribution in [-0.4, -0.2) is 34.8 Å². The number of carbonyl (C=O) groups excluding carboxylic acids is 1. The van der Waals surface area contributed by atoms with Crippen LogP contribution < -0.4 is 10.6 Å². The number of nitrogens with zero attached hydrogens (tertiary/aromatic N) is 2. The molecule has 0 spiro atoms. The van der Waals surface area contributed by atoms with Crippen molar-refractivity contribution in [1.29, 1.82) is 0 Å². The van der Waals surface area contributed by atoms with Gasteiger partial charge in [-0.2, -0.15) is 5.10 Å². The van der Waals surface area contributed by atoms with Crippen LogP contribution >= 0.6 is 15.9 Å². The number of piperidine rings is 1. The number of hydrogen-bond donors (Lipinski definition) is 2. The van der Waals surface area contributed by atoms with Gasteiger partial charge in [-0.05, 0) is 50.1 Å². The second-order valence-corrected chi connectivity index (χ2v) is 6.68. The summed E-state index contributed by atoms with van der Waals surface area (Å²) in [4.78, 5) is 12.6. The summed E-state index contributed by atoms with van der Waals surface area (Å²) in [5.41, 5.74) is 2.57. The minimum absolute atomic E-state index is 0.0288. The van der Waals surface area contributed by atoms with Gasteiger partial charge in [-0.25, -0.2) is 4.68 Å². The second-order valence-electron chi connectivity index (χ2n) is 5.76. The van der Waals surface area contributed by atoms with E-state index >= 15 is 0 Å². The Morgan fingerprint density at radius 1 is 1.43 bits per heavy atom. The quantitative estimate of drug-likeness (QED) is 0.862. The SMILES string of the molecule is CCc1c(C(=O)N[C@H]2CCCNC2)cnn1-c1ccc(Br)cc1. The first-order valence-corrected chi connectivity index (χ1v) is 8.82. The van der Waals surface area contributed by atoms with Crippen LogP contribution in [0.4, 0.5) is 0 Å². The van der Waals surface area contributed by atoms with Gasteiger partial charge in [0, 0.05) is 17.1 Å². The topological polar surface area (TPSA) is 59.0 Å². The van der Waals surface area contributed by atoms with E-state index in [1.54, 1.807) is 6.20 Å². The molecule has 3 rings (SSSR count). The summed E-state index contributed by atoms with van der Waals surface area (Å²) in [5, 5.41) is 10.9. The average molecular weight is 377 g/mol. The third-order valence-electron chi connectivity index (χ3n) is 4.15. The molecule has 2 aromatic rings. The number of hydrogen-bond acceptors (Lipinski definition) is 3. The van der Waals surface area contributed by atoms with Crippen molar-refractivity contribution >= 4 is 21.8 Å². The van der Waals surface area contributed by atoms with E-state index < -0.39 is 0 Å². The summed E-state index contributed by atoms with van der Waals surface area (Å²) >= 11 is 3.44. The van der Waals surface area contributed by atoms with Gasteiger partial charge in [-0.1, -0.05) is 22.9 Å². The summed E-state index contributed by atoms with van der Waals surface area (Å²) in [6.07, 6.45) is 4.55. The molecule has 1 fully saturated rings. The predicted octanol–water partition coefficient (Wildman–Crippen LogP) is 2.68. The van der Waals surface area contributed by atoms with Gasteiger partial charge in [-0.3, -0.25) is 4.79 Å². The number of carbonyl (C=O) groups is 1. The molecule has 0 bridgehead atoms. The van der Waals surface area contributed by atoms with Gasteiger partial charge in [-0.15, -0.1) is 0 Å². The van der Waals surface area contributed by atoms with Crippen LogP contribution in [0.2, 0.25) is 0 Å². The highest BCUT2D eigenvalue weighted by Crippen LogP contribution is 2.18. The highest BCUT2D eigenvalue weighted by molar-refractivity contribution is 9.10. The monoisotopic (exact) mass is 376 g/mol. The molecule has 0 aliphatic carbocycles. The first kappa shape index (κ1) is 16.2. The lowest BCUT2D eigenvalue weighted by Crippen LogP contribution is -2.45. The molecule has 23 heavy (non-hydrogen) atoms. The molecule has 1 aromatic carbocycles. The second kappa shape index (κ2) is 7.27. The number of rotatable bonds is 4. The molecule has 1 aromatic heterocycles. The molecule has 2 N–H and O–H groups in total. The van der Waals surface area contributed by atoms with E-state index in [9.17, 15) is 4.79 Å². The minimum atomic E-state index is -0.0288. The molecule has 1 aliphatic rings. The highest BCUT2D eigenvalue weighted by Gasteiger charge is 2.21. The molecule has 0 unspecified atom stereocenters. The fraction of sp³-hybridized carbons (Fsp3) is 0.412. The van der Waals surface area contributed by atoms with Crippen LogP contribution in [0.3, 0.4) is 0 Å². The molecule has 1 aliphatic heterocycles.